The van der Waals surface area contributed by atoms with E-state index in [1.165, 1.54) is 12.2 Å². The molecule has 2 heteroatoms. The molecule has 0 aliphatic heterocycles. The van der Waals surface area contributed by atoms with Gasteiger partial charge in [-0.05, 0) is 39.5 Å². The molecule has 0 heterocycles. The molecule has 0 aromatic carbocycles. The first-order valence-electron chi connectivity index (χ1n) is 2.58. The van der Waals surface area contributed by atoms with Crippen molar-refractivity contribution in [3.63, 3.8) is 0 Å². The maximum absolute atomic E-state index is 2.37. The molecule has 0 radical (unpaired) electrons. The third-order valence-electron chi connectivity index (χ3n) is 1.55. The van der Waals surface area contributed by atoms with E-state index in [-0.39, 0.29) is 0 Å². The highest BCUT2D eigenvalue weighted by Crippen LogP contribution is 2.41. The van der Waals surface area contributed by atoms with Gasteiger partial charge in [-0.2, -0.15) is 0 Å². The minimum Gasteiger partial charge on any atom is -0.0891 e. The summed E-state index contributed by atoms with van der Waals surface area (Å²) >= 11 is 2.37. The zero-order valence-corrected chi connectivity index (χ0v) is 7.33. The molecule has 1 saturated carbocycles. The summed E-state index contributed by atoms with van der Waals surface area (Å²) in [6.45, 7) is 2.33. The molecule has 0 nitrogen and oxygen atoms in total. The van der Waals surface area contributed by atoms with Crippen LogP contribution in [-0.4, -0.2) is 5.75 Å². The van der Waals surface area contributed by atoms with E-state index in [0.717, 1.165) is 11.8 Å². The second kappa shape index (κ2) is 2.58. The van der Waals surface area contributed by atoms with Gasteiger partial charge in [0.05, 0.1) is 0 Å². The maximum atomic E-state index is 2.37. The number of hydrogen-bond donors (Lipinski definition) is 0. The number of halogens is 1. The Hall–Kier alpha value is 1.08. The fraction of sp³-hybridized carbons (Fsp3) is 1.00. The van der Waals surface area contributed by atoms with Gasteiger partial charge in [-0.3, -0.25) is 0 Å². The Morgan fingerprint density at radius 2 is 2.43 bits per heavy atom. The molecule has 7 heavy (non-hydrogen) atoms. The van der Waals surface area contributed by atoms with Gasteiger partial charge in [0.15, 0.2) is 0 Å². The molecule has 2 unspecified atom stereocenters. The second-order valence-electron chi connectivity index (χ2n) is 2.25. The van der Waals surface area contributed by atoms with Gasteiger partial charge in [-0.25, -0.2) is 0 Å². The van der Waals surface area contributed by atoms with Gasteiger partial charge < -0.3 is 0 Å². The Morgan fingerprint density at radius 3 is 2.57 bits per heavy atom. The molecule has 0 bridgehead atoms. The first kappa shape index (κ1) is 6.20. The predicted molar refractivity (Wildman–Crippen MR) is 43.7 cm³/mol. The highest BCUT2D eigenvalue weighted by molar-refractivity contribution is 14.2. The Balaban J connectivity index is 1.98. The van der Waals surface area contributed by atoms with Gasteiger partial charge >= 0.3 is 0 Å². The topological polar surface area (TPSA) is 0 Å². The summed E-state index contributed by atoms with van der Waals surface area (Å²) in [4.78, 5) is 0. The van der Waals surface area contributed by atoms with Crippen LogP contribution in [0.5, 0.6) is 0 Å². The summed E-state index contributed by atoms with van der Waals surface area (Å²) in [5.41, 5.74) is 0. The van der Waals surface area contributed by atoms with Gasteiger partial charge in [-0.1, -0.05) is 15.9 Å². The Kier molecular flexibility index (Phi) is 2.28. The first-order valence-corrected chi connectivity index (χ1v) is 6.11. The Morgan fingerprint density at radius 1 is 1.86 bits per heavy atom. The lowest BCUT2D eigenvalue weighted by Gasteiger charge is -1.84. The van der Waals surface area contributed by atoms with Gasteiger partial charge in [0.2, 0.25) is 0 Å². The molecule has 42 valence electrons. The molecule has 1 aliphatic carbocycles. The Bertz CT molecular complexity index is 65.1. The van der Waals surface area contributed by atoms with Crippen LogP contribution in [-0.2, 0) is 0 Å². The molecule has 2 atom stereocenters. The molecule has 1 aliphatic rings. The summed E-state index contributed by atoms with van der Waals surface area (Å²) in [7, 11) is 1.95. The van der Waals surface area contributed by atoms with E-state index in [1.54, 1.807) is 0 Å². The first-order chi connectivity index (χ1) is 3.34. The molecule has 1 fully saturated rings. The smallest absolute Gasteiger partial charge is 0.00644 e. The van der Waals surface area contributed by atoms with E-state index < -0.39 is 0 Å². The third kappa shape index (κ3) is 1.80. The van der Waals surface area contributed by atoms with E-state index >= 15 is 0 Å². The summed E-state index contributed by atoms with van der Waals surface area (Å²) in [6, 6.07) is 0. The lowest BCUT2D eigenvalue weighted by Crippen LogP contribution is -1.77. The standard InChI is InChI=1S/C5H9IS/c1-4-2-5(4)3-7-6/h4-5H,2-3H2,1H3. The van der Waals surface area contributed by atoms with Crippen molar-refractivity contribution in [1.82, 2.24) is 0 Å². The zero-order chi connectivity index (χ0) is 5.28. The highest BCUT2D eigenvalue weighted by Gasteiger charge is 2.31. The molecule has 1 rings (SSSR count). The monoisotopic (exact) mass is 228 g/mol. The van der Waals surface area contributed by atoms with Gasteiger partial charge in [0, 0.05) is 5.75 Å². The van der Waals surface area contributed by atoms with Crippen LogP contribution in [0, 0.1) is 11.8 Å². The van der Waals surface area contributed by atoms with Crippen LogP contribution >= 0.6 is 30.1 Å². The molecule has 0 aromatic heterocycles. The minimum absolute atomic E-state index is 1.04. The van der Waals surface area contributed by atoms with Crippen LogP contribution in [0.2, 0.25) is 0 Å². The average Bonchev–Trinajstić information content (AvgIpc) is 2.22. The van der Waals surface area contributed by atoms with Crippen molar-refractivity contribution in [2.24, 2.45) is 11.8 Å². The second-order valence-corrected chi connectivity index (χ2v) is 4.67. The lowest BCUT2D eigenvalue weighted by atomic mass is 10.4. The average molecular weight is 228 g/mol. The lowest BCUT2D eigenvalue weighted by molar-refractivity contribution is 0.847. The largest absolute Gasteiger partial charge is 0.0891 e. The van der Waals surface area contributed by atoms with E-state index in [9.17, 15) is 0 Å². The van der Waals surface area contributed by atoms with Crippen molar-refractivity contribution in [3.05, 3.63) is 0 Å². The van der Waals surface area contributed by atoms with Crippen molar-refractivity contribution in [3.8, 4) is 0 Å². The molecular weight excluding hydrogens is 219 g/mol. The van der Waals surface area contributed by atoms with Crippen molar-refractivity contribution >= 4 is 30.1 Å². The summed E-state index contributed by atoms with van der Waals surface area (Å²) in [5.74, 6) is 3.49. The van der Waals surface area contributed by atoms with Gasteiger partial charge in [0.25, 0.3) is 0 Å². The summed E-state index contributed by atoms with van der Waals surface area (Å²) in [6.07, 6.45) is 1.48. The fourth-order valence-electron chi connectivity index (χ4n) is 0.712. The SMILES string of the molecule is CC1CC1CSI. The number of hydrogen-bond acceptors (Lipinski definition) is 1. The molecule has 0 saturated heterocycles. The normalized spacial score (nSPS) is 38.6. The van der Waals surface area contributed by atoms with Crippen molar-refractivity contribution < 1.29 is 0 Å². The van der Waals surface area contributed by atoms with Gasteiger partial charge in [-0.15, -0.1) is 0 Å². The highest BCUT2D eigenvalue weighted by atomic mass is 127. The van der Waals surface area contributed by atoms with Crippen molar-refractivity contribution in [2.45, 2.75) is 13.3 Å². The van der Waals surface area contributed by atoms with Crippen molar-refractivity contribution in [1.29, 1.82) is 0 Å². The molecule has 0 N–H and O–H groups in total. The van der Waals surface area contributed by atoms with Crippen molar-refractivity contribution in [2.75, 3.05) is 5.75 Å². The predicted octanol–water partition coefficient (Wildman–Crippen LogP) is 2.73. The quantitative estimate of drug-likeness (QED) is 0.655. The van der Waals surface area contributed by atoms with Crippen LogP contribution < -0.4 is 0 Å². The molecular formula is C5H9IS. The van der Waals surface area contributed by atoms with Crippen LogP contribution in [0.15, 0.2) is 0 Å². The van der Waals surface area contributed by atoms with Crippen LogP contribution in [0.4, 0.5) is 0 Å². The van der Waals surface area contributed by atoms with Crippen LogP contribution in [0.25, 0.3) is 0 Å². The summed E-state index contributed by atoms with van der Waals surface area (Å²) < 4.78 is 0. The van der Waals surface area contributed by atoms with E-state index in [4.69, 9.17) is 0 Å². The molecule has 0 amide bonds. The minimum atomic E-state index is 1.04. The van der Waals surface area contributed by atoms with Crippen LogP contribution in [0.1, 0.15) is 13.3 Å². The van der Waals surface area contributed by atoms with Gasteiger partial charge in [0.1, 0.15) is 0 Å². The van der Waals surface area contributed by atoms with Crippen LogP contribution in [0.3, 0.4) is 0 Å². The maximum Gasteiger partial charge on any atom is 0.00644 e. The van der Waals surface area contributed by atoms with E-state index in [0.29, 0.717) is 0 Å². The molecule has 0 spiro atoms. The van der Waals surface area contributed by atoms with E-state index in [1.807, 2.05) is 8.93 Å². The fourth-order valence-corrected chi connectivity index (χ4v) is 2.72. The van der Waals surface area contributed by atoms with E-state index in [2.05, 4.69) is 28.1 Å². The Labute approximate surface area is 61.0 Å². The summed E-state index contributed by atoms with van der Waals surface area (Å²) in [5, 5.41) is 0. The third-order valence-corrected chi connectivity index (χ3v) is 3.19. The number of rotatable bonds is 2. The zero-order valence-electron chi connectivity index (χ0n) is 4.36. The molecule has 0 aromatic rings.